The quantitative estimate of drug-likeness (QED) is 0.714. The average Bonchev–Trinajstić information content (AvgIpc) is 2.46. The molecule has 0 fully saturated rings. The van der Waals surface area contributed by atoms with Gasteiger partial charge < -0.3 is 10.1 Å². The fourth-order valence-electron chi connectivity index (χ4n) is 2.57. The molecule has 0 radical (unpaired) electrons. The number of carbonyl (C=O) groups excluding carboxylic acids is 1. The van der Waals surface area contributed by atoms with E-state index in [0.29, 0.717) is 18.9 Å². The Morgan fingerprint density at radius 2 is 2.05 bits per heavy atom. The van der Waals surface area contributed by atoms with Crippen LogP contribution in [0.3, 0.4) is 0 Å². The van der Waals surface area contributed by atoms with Crippen LogP contribution in [0.4, 0.5) is 5.69 Å². The number of ether oxygens (including phenoxy) is 1. The monoisotopic (exact) mass is 291 g/mol. The Balaban J connectivity index is 3.06. The van der Waals surface area contributed by atoms with Gasteiger partial charge in [0.2, 0.25) is 0 Å². The SMILES string of the molecule is CCOC(=O)C(CC)(CC(C)CC)Nc1cccc(C)c1. The van der Waals surface area contributed by atoms with Crippen molar-refractivity contribution in [1.29, 1.82) is 0 Å². The van der Waals surface area contributed by atoms with Crippen LogP contribution in [-0.2, 0) is 9.53 Å². The van der Waals surface area contributed by atoms with Gasteiger partial charge >= 0.3 is 5.97 Å². The molecule has 0 saturated heterocycles. The highest BCUT2D eigenvalue weighted by atomic mass is 16.5. The molecule has 1 rings (SSSR count). The lowest BCUT2D eigenvalue weighted by Crippen LogP contribution is -2.48. The van der Waals surface area contributed by atoms with E-state index in [4.69, 9.17) is 4.74 Å². The summed E-state index contributed by atoms with van der Waals surface area (Å²) in [5.74, 6) is 0.320. The first-order valence-electron chi connectivity index (χ1n) is 7.99. The van der Waals surface area contributed by atoms with Crippen LogP contribution in [0.25, 0.3) is 0 Å². The molecule has 2 atom stereocenters. The van der Waals surface area contributed by atoms with Crippen molar-refractivity contribution in [3.05, 3.63) is 29.8 Å². The Morgan fingerprint density at radius 1 is 1.33 bits per heavy atom. The van der Waals surface area contributed by atoms with E-state index in [0.717, 1.165) is 18.5 Å². The van der Waals surface area contributed by atoms with E-state index in [9.17, 15) is 4.79 Å². The van der Waals surface area contributed by atoms with Gasteiger partial charge in [-0.05, 0) is 50.3 Å². The second kappa shape index (κ2) is 8.06. The van der Waals surface area contributed by atoms with Crippen molar-refractivity contribution in [2.24, 2.45) is 5.92 Å². The number of esters is 1. The first-order valence-corrected chi connectivity index (χ1v) is 7.99. The number of carbonyl (C=O) groups is 1. The van der Waals surface area contributed by atoms with Gasteiger partial charge in [0.1, 0.15) is 5.54 Å². The average molecular weight is 291 g/mol. The Hall–Kier alpha value is -1.51. The van der Waals surface area contributed by atoms with Crippen LogP contribution >= 0.6 is 0 Å². The highest BCUT2D eigenvalue weighted by Crippen LogP contribution is 2.29. The van der Waals surface area contributed by atoms with Crippen LogP contribution in [0, 0.1) is 12.8 Å². The fourth-order valence-corrected chi connectivity index (χ4v) is 2.57. The number of aryl methyl sites for hydroxylation is 1. The van der Waals surface area contributed by atoms with Crippen LogP contribution in [0.1, 0.15) is 52.5 Å². The molecule has 0 heterocycles. The van der Waals surface area contributed by atoms with Gasteiger partial charge in [-0.25, -0.2) is 4.79 Å². The summed E-state index contributed by atoms with van der Waals surface area (Å²) < 4.78 is 5.34. The van der Waals surface area contributed by atoms with Gasteiger partial charge in [-0.1, -0.05) is 39.3 Å². The summed E-state index contributed by atoms with van der Waals surface area (Å²) in [5.41, 5.74) is 1.52. The molecule has 3 nitrogen and oxygen atoms in total. The van der Waals surface area contributed by atoms with Crippen LogP contribution in [0.5, 0.6) is 0 Å². The number of nitrogens with one attached hydrogen (secondary N) is 1. The summed E-state index contributed by atoms with van der Waals surface area (Å²) in [6.07, 6.45) is 2.55. The minimum atomic E-state index is -0.640. The maximum atomic E-state index is 12.6. The van der Waals surface area contributed by atoms with E-state index in [2.05, 4.69) is 38.2 Å². The largest absolute Gasteiger partial charge is 0.464 e. The second-order valence-electron chi connectivity index (χ2n) is 5.87. The molecular formula is C18H29NO2. The molecule has 3 heteroatoms. The third-order valence-electron chi connectivity index (χ3n) is 4.07. The molecule has 0 aromatic heterocycles. The van der Waals surface area contributed by atoms with E-state index < -0.39 is 5.54 Å². The molecule has 1 aromatic rings. The summed E-state index contributed by atoms with van der Waals surface area (Å²) in [7, 11) is 0. The van der Waals surface area contributed by atoms with Crippen molar-refractivity contribution in [1.82, 2.24) is 0 Å². The summed E-state index contributed by atoms with van der Waals surface area (Å²) in [5, 5.41) is 3.46. The molecule has 0 aliphatic carbocycles. The van der Waals surface area contributed by atoms with Gasteiger partial charge in [0.05, 0.1) is 6.61 Å². The van der Waals surface area contributed by atoms with Crippen molar-refractivity contribution in [2.75, 3.05) is 11.9 Å². The van der Waals surface area contributed by atoms with E-state index in [1.165, 1.54) is 5.56 Å². The molecule has 21 heavy (non-hydrogen) atoms. The highest BCUT2D eigenvalue weighted by Gasteiger charge is 2.39. The second-order valence-corrected chi connectivity index (χ2v) is 5.87. The van der Waals surface area contributed by atoms with Gasteiger partial charge in [0.25, 0.3) is 0 Å². The molecule has 0 aliphatic heterocycles. The zero-order valence-electron chi connectivity index (χ0n) is 14.0. The topological polar surface area (TPSA) is 38.3 Å². The maximum Gasteiger partial charge on any atom is 0.331 e. The summed E-state index contributed by atoms with van der Waals surface area (Å²) >= 11 is 0. The third kappa shape index (κ3) is 4.76. The van der Waals surface area contributed by atoms with E-state index in [1.54, 1.807) is 0 Å². The number of hydrogen-bond acceptors (Lipinski definition) is 3. The predicted octanol–water partition coefficient (Wildman–Crippen LogP) is 4.56. The molecule has 0 amide bonds. The van der Waals surface area contributed by atoms with Crippen molar-refractivity contribution in [3.63, 3.8) is 0 Å². The molecule has 1 aromatic carbocycles. The third-order valence-corrected chi connectivity index (χ3v) is 4.07. The van der Waals surface area contributed by atoms with Crippen LogP contribution in [0.2, 0.25) is 0 Å². The van der Waals surface area contributed by atoms with E-state index in [1.807, 2.05) is 26.0 Å². The smallest absolute Gasteiger partial charge is 0.331 e. The van der Waals surface area contributed by atoms with Crippen molar-refractivity contribution in [3.8, 4) is 0 Å². The molecule has 118 valence electrons. The molecule has 1 N–H and O–H groups in total. The van der Waals surface area contributed by atoms with Crippen LogP contribution < -0.4 is 5.32 Å². The zero-order chi connectivity index (χ0) is 15.9. The number of benzene rings is 1. The number of anilines is 1. The molecule has 0 spiro atoms. The normalized spacial score (nSPS) is 15.1. The first-order chi connectivity index (χ1) is 9.97. The first kappa shape index (κ1) is 17.5. The van der Waals surface area contributed by atoms with Gasteiger partial charge in [-0.15, -0.1) is 0 Å². The molecule has 0 aliphatic rings. The summed E-state index contributed by atoms with van der Waals surface area (Å²) in [4.78, 5) is 12.6. The van der Waals surface area contributed by atoms with Gasteiger partial charge in [-0.3, -0.25) is 0 Å². The molecule has 0 saturated carbocycles. The Bertz CT molecular complexity index is 458. The maximum absolute atomic E-state index is 12.6. The Morgan fingerprint density at radius 3 is 2.57 bits per heavy atom. The lowest BCUT2D eigenvalue weighted by atomic mass is 9.84. The summed E-state index contributed by atoms with van der Waals surface area (Å²) in [6.45, 7) is 10.7. The van der Waals surface area contributed by atoms with E-state index in [-0.39, 0.29) is 5.97 Å². The number of hydrogen-bond donors (Lipinski definition) is 1. The summed E-state index contributed by atoms with van der Waals surface area (Å²) in [6, 6.07) is 8.14. The molecular weight excluding hydrogens is 262 g/mol. The van der Waals surface area contributed by atoms with Crippen LogP contribution in [-0.4, -0.2) is 18.1 Å². The Labute approximate surface area is 129 Å². The van der Waals surface area contributed by atoms with E-state index >= 15 is 0 Å². The predicted molar refractivity (Wildman–Crippen MR) is 88.5 cm³/mol. The van der Waals surface area contributed by atoms with Crippen molar-refractivity contribution in [2.45, 2.75) is 59.4 Å². The van der Waals surface area contributed by atoms with Crippen molar-refractivity contribution >= 4 is 11.7 Å². The van der Waals surface area contributed by atoms with Gasteiger partial charge in [-0.2, -0.15) is 0 Å². The van der Waals surface area contributed by atoms with Crippen LogP contribution in [0.15, 0.2) is 24.3 Å². The van der Waals surface area contributed by atoms with Gasteiger partial charge in [0, 0.05) is 5.69 Å². The minimum Gasteiger partial charge on any atom is -0.464 e. The molecule has 2 unspecified atom stereocenters. The molecule has 0 bridgehead atoms. The Kier molecular flexibility index (Phi) is 6.73. The zero-order valence-corrected chi connectivity index (χ0v) is 14.0. The lowest BCUT2D eigenvalue weighted by Gasteiger charge is -2.34. The van der Waals surface area contributed by atoms with Gasteiger partial charge in [0.15, 0.2) is 0 Å². The minimum absolute atomic E-state index is 0.144. The lowest BCUT2D eigenvalue weighted by molar-refractivity contribution is -0.149. The highest BCUT2D eigenvalue weighted by molar-refractivity contribution is 5.84. The fraction of sp³-hybridized carbons (Fsp3) is 0.611. The standard InChI is InChI=1S/C18H29NO2/c1-6-14(4)13-18(7-2,17(20)21-8-3)19-16-11-9-10-15(5)12-16/h9-12,14,19H,6-8,13H2,1-5H3. The van der Waals surface area contributed by atoms with Crippen molar-refractivity contribution < 1.29 is 9.53 Å². The number of rotatable bonds is 8.